The van der Waals surface area contributed by atoms with Crippen molar-refractivity contribution in [1.29, 1.82) is 0 Å². The average molecular weight is 403 g/mol. The Morgan fingerprint density at radius 1 is 1.24 bits per heavy atom. The van der Waals surface area contributed by atoms with Crippen LogP contribution < -0.4 is 16.0 Å². The molecule has 1 heterocycles. The van der Waals surface area contributed by atoms with Crippen LogP contribution in [0.2, 0.25) is 0 Å². The van der Waals surface area contributed by atoms with Gasteiger partial charge in [-0.2, -0.15) is 0 Å². The summed E-state index contributed by atoms with van der Waals surface area (Å²) in [5, 5.41) is 7.50. The molecule has 0 aromatic heterocycles. The lowest BCUT2D eigenvalue weighted by Crippen LogP contribution is -2.44. The number of carbonyl (C=O) groups is 5. The molecule has 0 spiro atoms. The van der Waals surface area contributed by atoms with Crippen LogP contribution >= 0.6 is 0 Å². The predicted molar refractivity (Wildman–Crippen MR) is 102 cm³/mol. The topological polar surface area (TPSA) is 140 Å². The SMILES string of the molecule is C=CC(=O)OCCNC(=O)C(C(=O)Nc1ccc2c(c1)CC(=O)N2)C(=O)OCC. The average Bonchev–Trinajstić information content (AvgIpc) is 3.04. The molecule has 2 rings (SSSR count). The van der Waals surface area contributed by atoms with Gasteiger partial charge in [-0.15, -0.1) is 0 Å². The highest BCUT2D eigenvalue weighted by Crippen LogP contribution is 2.26. The molecule has 1 aromatic rings. The van der Waals surface area contributed by atoms with Crippen molar-refractivity contribution in [3.63, 3.8) is 0 Å². The van der Waals surface area contributed by atoms with Crippen LogP contribution in [-0.4, -0.2) is 49.4 Å². The number of hydrogen-bond donors (Lipinski definition) is 3. The molecule has 3 amide bonds. The van der Waals surface area contributed by atoms with Crippen molar-refractivity contribution in [3.05, 3.63) is 36.4 Å². The van der Waals surface area contributed by atoms with Gasteiger partial charge in [-0.3, -0.25) is 19.2 Å². The van der Waals surface area contributed by atoms with Crippen molar-refractivity contribution in [2.45, 2.75) is 13.3 Å². The molecular weight excluding hydrogens is 382 g/mol. The second kappa shape index (κ2) is 10.0. The first-order valence-electron chi connectivity index (χ1n) is 8.82. The van der Waals surface area contributed by atoms with E-state index >= 15 is 0 Å². The molecule has 0 radical (unpaired) electrons. The van der Waals surface area contributed by atoms with Crippen LogP contribution in [0.3, 0.4) is 0 Å². The van der Waals surface area contributed by atoms with Gasteiger partial charge in [0.2, 0.25) is 23.6 Å². The number of hydrogen-bond acceptors (Lipinski definition) is 7. The maximum absolute atomic E-state index is 12.6. The highest BCUT2D eigenvalue weighted by molar-refractivity contribution is 6.19. The third-order valence-electron chi connectivity index (χ3n) is 3.86. The third kappa shape index (κ3) is 5.89. The number of esters is 2. The molecule has 0 saturated heterocycles. The van der Waals surface area contributed by atoms with Gasteiger partial charge in [0.05, 0.1) is 19.6 Å². The van der Waals surface area contributed by atoms with Gasteiger partial charge >= 0.3 is 11.9 Å². The smallest absolute Gasteiger partial charge is 0.330 e. The van der Waals surface area contributed by atoms with Crippen LogP contribution in [0.25, 0.3) is 0 Å². The molecule has 1 aliphatic rings. The fraction of sp³-hybridized carbons (Fsp3) is 0.316. The quantitative estimate of drug-likeness (QED) is 0.231. The Morgan fingerprint density at radius 3 is 2.69 bits per heavy atom. The number of rotatable bonds is 9. The summed E-state index contributed by atoms with van der Waals surface area (Å²) < 4.78 is 9.53. The summed E-state index contributed by atoms with van der Waals surface area (Å²) in [6, 6.07) is 4.74. The Kier molecular flexibility index (Phi) is 7.47. The lowest BCUT2D eigenvalue weighted by atomic mass is 10.1. The van der Waals surface area contributed by atoms with Gasteiger partial charge in [0.1, 0.15) is 6.61 Å². The Bertz CT molecular complexity index is 850. The molecule has 1 aliphatic heterocycles. The summed E-state index contributed by atoms with van der Waals surface area (Å²) in [7, 11) is 0. The van der Waals surface area contributed by atoms with Gasteiger partial charge in [0.15, 0.2) is 0 Å². The normalized spacial score (nSPS) is 12.8. The molecule has 10 nitrogen and oxygen atoms in total. The molecule has 0 bridgehead atoms. The molecule has 0 saturated carbocycles. The fourth-order valence-corrected chi connectivity index (χ4v) is 2.57. The maximum atomic E-state index is 12.6. The first kappa shape index (κ1) is 21.6. The monoisotopic (exact) mass is 403 g/mol. The van der Waals surface area contributed by atoms with Crippen molar-refractivity contribution in [2.75, 3.05) is 30.4 Å². The molecule has 0 aliphatic carbocycles. The first-order valence-corrected chi connectivity index (χ1v) is 8.82. The van der Waals surface area contributed by atoms with E-state index < -0.39 is 29.7 Å². The minimum atomic E-state index is -1.75. The number of fused-ring (bicyclic) bond motifs is 1. The summed E-state index contributed by atoms with van der Waals surface area (Å²) in [6.45, 7) is 4.51. The van der Waals surface area contributed by atoms with E-state index in [1.807, 2.05) is 0 Å². The summed E-state index contributed by atoms with van der Waals surface area (Å²) in [5.41, 5.74) is 1.66. The van der Waals surface area contributed by atoms with E-state index in [2.05, 4.69) is 22.5 Å². The number of ether oxygens (including phenoxy) is 2. The predicted octanol–water partition coefficient (Wildman–Crippen LogP) is 0.144. The number of carbonyl (C=O) groups excluding carboxylic acids is 5. The third-order valence-corrected chi connectivity index (χ3v) is 3.86. The molecular formula is C19H21N3O7. The summed E-state index contributed by atoms with van der Waals surface area (Å²) >= 11 is 0. The van der Waals surface area contributed by atoms with Crippen LogP contribution in [0.4, 0.5) is 11.4 Å². The van der Waals surface area contributed by atoms with Crippen molar-refractivity contribution >= 4 is 41.0 Å². The summed E-state index contributed by atoms with van der Waals surface area (Å²) in [4.78, 5) is 59.5. The molecule has 29 heavy (non-hydrogen) atoms. The lowest BCUT2D eigenvalue weighted by Gasteiger charge is -2.16. The maximum Gasteiger partial charge on any atom is 0.330 e. The molecule has 1 unspecified atom stereocenters. The van der Waals surface area contributed by atoms with Gasteiger partial charge in [-0.05, 0) is 30.7 Å². The largest absolute Gasteiger partial charge is 0.465 e. The summed E-state index contributed by atoms with van der Waals surface area (Å²) in [5.74, 6) is -5.37. The van der Waals surface area contributed by atoms with Gasteiger partial charge < -0.3 is 25.4 Å². The highest BCUT2D eigenvalue weighted by Gasteiger charge is 2.35. The van der Waals surface area contributed by atoms with Crippen LogP contribution in [0, 0.1) is 5.92 Å². The van der Waals surface area contributed by atoms with Gasteiger partial charge in [-0.1, -0.05) is 6.58 Å². The Morgan fingerprint density at radius 2 is 2.00 bits per heavy atom. The molecule has 1 aromatic carbocycles. The Labute approximate surface area is 166 Å². The van der Waals surface area contributed by atoms with Crippen LogP contribution in [0.5, 0.6) is 0 Å². The minimum Gasteiger partial charge on any atom is -0.465 e. The Balaban J connectivity index is 2.03. The van der Waals surface area contributed by atoms with Crippen LogP contribution in [0.15, 0.2) is 30.9 Å². The standard InChI is InChI=1S/C19H21N3O7/c1-3-15(24)29-8-7-20-17(25)16(19(27)28-4-2)18(26)21-12-5-6-13-11(9-12)10-14(23)22-13/h3,5-6,9,16H,1,4,7-8,10H2,2H3,(H,20,25)(H,21,26)(H,22,23). The number of amides is 3. The van der Waals surface area contributed by atoms with Crippen molar-refractivity contribution in [2.24, 2.45) is 5.92 Å². The molecule has 0 fully saturated rings. The van der Waals surface area contributed by atoms with E-state index in [-0.39, 0.29) is 32.1 Å². The first-order chi connectivity index (χ1) is 13.8. The number of benzene rings is 1. The van der Waals surface area contributed by atoms with E-state index in [0.29, 0.717) is 16.9 Å². The van der Waals surface area contributed by atoms with E-state index in [9.17, 15) is 24.0 Å². The zero-order valence-corrected chi connectivity index (χ0v) is 15.8. The van der Waals surface area contributed by atoms with Crippen molar-refractivity contribution < 1.29 is 33.4 Å². The highest BCUT2D eigenvalue weighted by atomic mass is 16.5. The Hall–Kier alpha value is -3.69. The van der Waals surface area contributed by atoms with Crippen LogP contribution in [0.1, 0.15) is 12.5 Å². The fourth-order valence-electron chi connectivity index (χ4n) is 2.57. The number of anilines is 2. The van der Waals surface area contributed by atoms with Crippen LogP contribution in [-0.2, 0) is 39.9 Å². The van der Waals surface area contributed by atoms with Gasteiger partial charge in [0, 0.05) is 17.5 Å². The minimum absolute atomic E-state index is 0.0144. The van der Waals surface area contributed by atoms with E-state index in [4.69, 9.17) is 9.47 Å². The van der Waals surface area contributed by atoms with Crippen molar-refractivity contribution in [3.8, 4) is 0 Å². The van der Waals surface area contributed by atoms with E-state index in [0.717, 1.165) is 6.08 Å². The van der Waals surface area contributed by atoms with Crippen molar-refractivity contribution in [1.82, 2.24) is 5.32 Å². The zero-order chi connectivity index (χ0) is 21.4. The molecule has 1 atom stereocenters. The van der Waals surface area contributed by atoms with Gasteiger partial charge in [0.25, 0.3) is 0 Å². The number of nitrogens with one attached hydrogen (secondary N) is 3. The van der Waals surface area contributed by atoms with Gasteiger partial charge in [-0.25, -0.2) is 4.79 Å². The molecule has 10 heteroatoms. The molecule has 3 N–H and O–H groups in total. The van der Waals surface area contributed by atoms with E-state index in [1.54, 1.807) is 19.1 Å². The van der Waals surface area contributed by atoms with E-state index in [1.165, 1.54) is 6.07 Å². The zero-order valence-electron chi connectivity index (χ0n) is 15.8. The lowest BCUT2D eigenvalue weighted by molar-refractivity contribution is -0.155. The second-order valence-electron chi connectivity index (χ2n) is 5.93. The molecule has 154 valence electrons. The summed E-state index contributed by atoms with van der Waals surface area (Å²) in [6.07, 6.45) is 1.14. The second-order valence-corrected chi connectivity index (χ2v) is 5.93.